The largest absolute Gasteiger partial charge is 0.346 e. The Bertz CT molecular complexity index is 165. The molecule has 1 aliphatic carbocycles. The molecule has 0 aromatic carbocycles. The first-order valence-corrected chi connectivity index (χ1v) is 4.73. The van der Waals surface area contributed by atoms with E-state index in [-0.39, 0.29) is 11.9 Å². The maximum absolute atomic E-state index is 11.0. The zero-order chi connectivity index (χ0) is 8.60. The van der Waals surface area contributed by atoms with Crippen LogP contribution in [0.15, 0.2) is 0 Å². The molecule has 1 saturated carbocycles. The molecule has 3 nitrogen and oxygen atoms in total. The lowest BCUT2D eigenvalue weighted by Gasteiger charge is -2.15. The molecule has 1 saturated heterocycles. The third-order valence-corrected chi connectivity index (χ3v) is 2.66. The smallest absolute Gasteiger partial charge is 0.194 e. The van der Waals surface area contributed by atoms with Gasteiger partial charge in [-0.15, -0.1) is 0 Å². The Hall–Kier alpha value is -0.120. The normalized spacial score (nSPS) is 34.0. The minimum Gasteiger partial charge on any atom is -0.346 e. The molecule has 0 bridgehead atoms. The summed E-state index contributed by atoms with van der Waals surface area (Å²) in [6.07, 6.45) is 3.70. The predicted molar refractivity (Wildman–Crippen MR) is 41.9 cm³/mol. The third kappa shape index (κ3) is 1.63. The van der Waals surface area contributed by atoms with Crippen molar-refractivity contribution in [1.82, 2.24) is 0 Å². The molecular weight excluding hydrogens is 156 g/mol. The second-order valence-corrected chi connectivity index (χ2v) is 3.74. The van der Waals surface area contributed by atoms with Crippen LogP contribution in [0, 0.1) is 0 Å². The summed E-state index contributed by atoms with van der Waals surface area (Å²) in [6, 6.07) is 0. The van der Waals surface area contributed by atoms with Crippen LogP contribution in [0.5, 0.6) is 0 Å². The Balaban J connectivity index is 1.76. The minimum absolute atomic E-state index is 0.137. The monoisotopic (exact) mass is 171 g/mol. The van der Waals surface area contributed by atoms with Crippen molar-refractivity contribution < 1.29 is 14.6 Å². The van der Waals surface area contributed by atoms with Gasteiger partial charge < -0.3 is 9.47 Å². The zero-order valence-corrected chi connectivity index (χ0v) is 7.41. The van der Waals surface area contributed by atoms with Crippen LogP contribution in [0.25, 0.3) is 0 Å². The molecule has 69 valence electrons. The van der Waals surface area contributed by atoms with Gasteiger partial charge in [-0.3, -0.25) is 0 Å². The molecule has 1 radical (unpaired) electrons. The first-order chi connectivity index (χ1) is 5.74. The van der Waals surface area contributed by atoms with E-state index in [0.29, 0.717) is 6.42 Å². The van der Waals surface area contributed by atoms with Crippen molar-refractivity contribution in [2.75, 3.05) is 0 Å². The van der Waals surface area contributed by atoms with Gasteiger partial charge in [0.15, 0.2) is 12.6 Å². The highest BCUT2D eigenvalue weighted by atomic mass is 16.7. The molecule has 1 aliphatic heterocycles. The third-order valence-electron chi connectivity index (χ3n) is 2.66. The average molecular weight is 171 g/mol. The maximum atomic E-state index is 11.0. The van der Waals surface area contributed by atoms with Crippen molar-refractivity contribution in [3.63, 3.8) is 0 Å². The molecule has 2 rings (SSSR count). The van der Waals surface area contributed by atoms with Gasteiger partial charge in [-0.05, 0) is 25.7 Å². The lowest BCUT2D eigenvalue weighted by atomic mass is 10.2. The standard InChI is InChI=1S/C9H15O3/c1-2-7(10)11-8-3-4-9(12-8)5-6-9/h7-8H,2-6H2,1H3. The van der Waals surface area contributed by atoms with Gasteiger partial charge in [0.2, 0.25) is 0 Å². The van der Waals surface area contributed by atoms with E-state index in [0.717, 1.165) is 25.7 Å². The Morgan fingerprint density at radius 3 is 2.83 bits per heavy atom. The van der Waals surface area contributed by atoms with Gasteiger partial charge in [0, 0.05) is 6.42 Å². The van der Waals surface area contributed by atoms with E-state index >= 15 is 0 Å². The van der Waals surface area contributed by atoms with Gasteiger partial charge in [-0.2, -0.15) is 0 Å². The maximum Gasteiger partial charge on any atom is 0.194 e. The second kappa shape index (κ2) is 2.98. The van der Waals surface area contributed by atoms with Crippen molar-refractivity contribution in [2.24, 2.45) is 0 Å². The average Bonchev–Trinajstić information content (AvgIpc) is 2.68. The number of hydrogen-bond acceptors (Lipinski definition) is 2. The zero-order valence-electron chi connectivity index (χ0n) is 7.41. The van der Waals surface area contributed by atoms with E-state index in [9.17, 15) is 5.11 Å². The van der Waals surface area contributed by atoms with Gasteiger partial charge in [-0.1, -0.05) is 6.92 Å². The van der Waals surface area contributed by atoms with E-state index < -0.39 is 6.29 Å². The summed E-state index contributed by atoms with van der Waals surface area (Å²) in [7, 11) is 0. The van der Waals surface area contributed by atoms with Crippen molar-refractivity contribution in [2.45, 2.75) is 57.2 Å². The highest BCUT2D eigenvalue weighted by molar-refractivity contribution is 4.99. The molecule has 2 unspecified atom stereocenters. The van der Waals surface area contributed by atoms with Crippen LogP contribution in [0.1, 0.15) is 39.0 Å². The van der Waals surface area contributed by atoms with Crippen molar-refractivity contribution in [1.29, 1.82) is 0 Å². The van der Waals surface area contributed by atoms with Crippen LogP contribution in [0.4, 0.5) is 0 Å². The molecule has 1 spiro atoms. The molecule has 2 atom stereocenters. The van der Waals surface area contributed by atoms with Gasteiger partial charge in [0.05, 0.1) is 5.60 Å². The van der Waals surface area contributed by atoms with Crippen LogP contribution >= 0.6 is 0 Å². The van der Waals surface area contributed by atoms with Gasteiger partial charge in [0.1, 0.15) is 0 Å². The molecule has 0 N–H and O–H groups in total. The fraction of sp³-hybridized carbons (Fsp3) is 1.00. The molecule has 2 aliphatic rings. The van der Waals surface area contributed by atoms with Gasteiger partial charge in [0.25, 0.3) is 0 Å². The Labute approximate surface area is 72.7 Å². The van der Waals surface area contributed by atoms with Crippen molar-refractivity contribution in [3.05, 3.63) is 0 Å². The number of ether oxygens (including phenoxy) is 2. The summed E-state index contributed by atoms with van der Waals surface area (Å²) in [5.41, 5.74) is 0.137. The summed E-state index contributed by atoms with van der Waals surface area (Å²) in [5.74, 6) is 0. The van der Waals surface area contributed by atoms with Crippen molar-refractivity contribution >= 4 is 0 Å². The molecule has 12 heavy (non-hydrogen) atoms. The van der Waals surface area contributed by atoms with E-state index in [1.54, 1.807) is 0 Å². The summed E-state index contributed by atoms with van der Waals surface area (Å²) < 4.78 is 10.8. The first-order valence-electron chi connectivity index (χ1n) is 4.73. The first kappa shape index (κ1) is 8.48. The van der Waals surface area contributed by atoms with Crippen molar-refractivity contribution in [3.8, 4) is 0 Å². The minimum atomic E-state index is -0.899. The summed E-state index contributed by atoms with van der Waals surface area (Å²) >= 11 is 0. The van der Waals surface area contributed by atoms with Crippen LogP contribution in [0.2, 0.25) is 0 Å². The van der Waals surface area contributed by atoms with Crippen LogP contribution in [0.3, 0.4) is 0 Å². The SMILES string of the molecule is CCC([O])OC1CCC2(CC2)O1. The van der Waals surface area contributed by atoms with Crippen LogP contribution in [-0.2, 0) is 14.6 Å². The molecule has 0 aromatic heterocycles. The quantitative estimate of drug-likeness (QED) is 0.608. The fourth-order valence-electron chi connectivity index (χ4n) is 1.65. The van der Waals surface area contributed by atoms with E-state index in [4.69, 9.17) is 9.47 Å². The summed E-state index contributed by atoms with van der Waals surface area (Å²) in [4.78, 5) is 0. The molecule has 3 heteroatoms. The summed E-state index contributed by atoms with van der Waals surface area (Å²) in [5, 5.41) is 11.0. The predicted octanol–water partition coefficient (Wildman–Crippen LogP) is 1.84. The number of rotatable bonds is 3. The highest BCUT2D eigenvalue weighted by Crippen LogP contribution is 2.49. The second-order valence-electron chi connectivity index (χ2n) is 3.74. The fourth-order valence-corrected chi connectivity index (χ4v) is 1.65. The molecule has 1 heterocycles. The Kier molecular flexibility index (Phi) is 2.10. The van der Waals surface area contributed by atoms with Gasteiger partial charge in [-0.25, -0.2) is 5.11 Å². The molecule has 0 amide bonds. The van der Waals surface area contributed by atoms with Gasteiger partial charge >= 0.3 is 0 Å². The lowest BCUT2D eigenvalue weighted by molar-refractivity contribution is -0.244. The van der Waals surface area contributed by atoms with Crippen LogP contribution in [-0.4, -0.2) is 18.2 Å². The molecule has 2 fully saturated rings. The topological polar surface area (TPSA) is 38.4 Å². The van der Waals surface area contributed by atoms with E-state index in [2.05, 4.69) is 0 Å². The summed E-state index contributed by atoms with van der Waals surface area (Å²) in [6.45, 7) is 1.83. The Morgan fingerprint density at radius 2 is 2.33 bits per heavy atom. The van der Waals surface area contributed by atoms with Crippen LogP contribution < -0.4 is 0 Å². The number of hydrogen-bond donors (Lipinski definition) is 0. The van der Waals surface area contributed by atoms with E-state index in [1.807, 2.05) is 6.92 Å². The highest BCUT2D eigenvalue weighted by Gasteiger charge is 2.50. The molecule has 0 aromatic rings. The Morgan fingerprint density at radius 1 is 1.58 bits per heavy atom. The molecular formula is C9H15O3. The lowest BCUT2D eigenvalue weighted by Crippen LogP contribution is -2.21. The van der Waals surface area contributed by atoms with E-state index in [1.165, 1.54) is 0 Å².